The van der Waals surface area contributed by atoms with Gasteiger partial charge < -0.3 is 19.5 Å². The van der Waals surface area contributed by atoms with E-state index in [-0.39, 0.29) is 23.8 Å². The molecule has 0 saturated carbocycles. The number of rotatable bonds is 7. The minimum Gasteiger partial charge on any atom is -0.465 e. The summed E-state index contributed by atoms with van der Waals surface area (Å²) >= 11 is 6.05. The molecule has 4 atom stereocenters. The average Bonchev–Trinajstić information content (AvgIpc) is 2.75. The normalized spacial score (nSPS) is 28.0. The summed E-state index contributed by atoms with van der Waals surface area (Å²) in [5.41, 5.74) is 2.88. The first-order valence-corrected chi connectivity index (χ1v) is 10.6. The Morgan fingerprint density at radius 1 is 1.28 bits per heavy atom. The van der Waals surface area contributed by atoms with Crippen LogP contribution in [-0.2, 0) is 30.2 Å². The molecule has 6 nitrogen and oxygen atoms in total. The van der Waals surface area contributed by atoms with E-state index in [4.69, 9.17) is 25.8 Å². The predicted molar refractivity (Wildman–Crippen MR) is 110 cm³/mol. The molecule has 158 valence electrons. The Morgan fingerprint density at radius 2 is 2.07 bits per heavy atom. The molecule has 2 aliphatic rings. The van der Waals surface area contributed by atoms with Crippen molar-refractivity contribution in [2.75, 3.05) is 26.4 Å². The predicted octanol–water partition coefficient (Wildman–Crippen LogP) is 2.64. The summed E-state index contributed by atoms with van der Waals surface area (Å²) in [6, 6.07) is 9.56. The van der Waals surface area contributed by atoms with Gasteiger partial charge in [0.05, 0.1) is 25.9 Å². The summed E-state index contributed by atoms with van der Waals surface area (Å²) in [7, 11) is 0. The molecule has 2 saturated heterocycles. The molecule has 0 aromatic heterocycles. The van der Waals surface area contributed by atoms with E-state index in [1.807, 2.05) is 30.3 Å². The SMILES string of the molecule is CCOC(=O)C1CC(C(=O)/C(=C/Cl)C2COCC(Cc3ccccc3)O2)CCN1. The molecule has 3 rings (SSSR count). The molecule has 0 amide bonds. The van der Waals surface area contributed by atoms with Crippen LogP contribution >= 0.6 is 11.6 Å². The highest BCUT2D eigenvalue weighted by atomic mass is 35.5. The standard InChI is InChI=1S/C22H28ClNO5/c1-2-28-22(26)19-11-16(8-9-24-19)21(25)18(12-23)20-14-27-13-17(29-20)10-15-6-4-3-5-7-15/h3-7,12,16-17,19-20,24H,2,8-11,13-14H2,1H3/b18-12+. The number of carbonyl (C=O) groups excluding carboxylic acids is 2. The fraction of sp³-hybridized carbons (Fsp3) is 0.545. The number of carbonyl (C=O) groups is 2. The average molecular weight is 422 g/mol. The van der Waals surface area contributed by atoms with Crippen molar-refractivity contribution < 1.29 is 23.8 Å². The number of esters is 1. The number of hydrogen-bond donors (Lipinski definition) is 1. The maximum absolute atomic E-state index is 13.2. The van der Waals surface area contributed by atoms with E-state index < -0.39 is 12.1 Å². The molecule has 0 radical (unpaired) electrons. The molecular weight excluding hydrogens is 394 g/mol. The lowest BCUT2D eigenvalue weighted by Crippen LogP contribution is -2.47. The zero-order valence-electron chi connectivity index (χ0n) is 16.6. The van der Waals surface area contributed by atoms with Crippen molar-refractivity contribution in [2.45, 2.75) is 44.4 Å². The molecular formula is C22H28ClNO5. The lowest BCUT2D eigenvalue weighted by atomic mass is 9.84. The van der Waals surface area contributed by atoms with Gasteiger partial charge in [-0.05, 0) is 31.9 Å². The van der Waals surface area contributed by atoms with Crippen LogP contribution in [0.3, 0.4) is 0 Å². The lowest BCUT2D eigenvalue weighted by Gasteiger charge is -2.33. The third-order valence-electron chi connectivity index (χ3n) is 5.33. The molecule has 0 spiro atoms. The number of nitrogens with one attached hydrogen (secondary N) is 1. The Kier molecular flexibility index (Phi) is 8.24. The highest BCUT2D eigenvalue weighted by Crippen LogP contribution is 2.27. The van der Waals surface area contributed by atoms with Crippen LogP contribution in [0, 0.1) is 5.92 Å². The number of ether oxygens (including phenoxy) is 3. The molecule has 0 aliphatic carbocycles. The Balaban J connectivity index is 1.62. The Labute approximate surface area is 176 Å². The van der Waals surface area contributed by atoms with Crippen molar-refractivity contribution in [3.05, 3.63) is 47.0 Å². The van der Waals surface area contributed by atoms with Crippen LogP contribution in [0.25, 0.3) is 0 Å². The number of ketones is 1. The van der Waals surface area contributed by atoms with Crippen LogP contribution < -0.4 is 5.32 Å². The van der Waals surface area contributed by atoms with E-state index >= 15 is 0 Å². The van der Waals surface area contributed by atoms with E-state index in [0.717, 1.165) is 5.56 Å². The minimum absolute atomic E-state index is 0.0789. The molecule has 0 bridgehead atoms. The third kappa shape index (κ3) is 5.89. The van der Waals surface area contributed by atoms with Gasteiger partial charge in [0.25, 0.3) is 0 Å². The van der Waals surface area contributed by atoms with E-state index in [1.165, 1.54) is 5.54 Å². The molecule has 2 fully saturated rings. The monoisotopic (exact) mass is 421 g/mol. The summed E-state index contributed by atoms with van der Waals surface area (Å²) in [5.74, 6) is -0.694. The summed E-state index contributed by atoms with van der Waals surface area (Å²) < 4.78 is 17.0. The van der Waals surface area contributed by atoms with Gasteiger partial charge >= 0.3 is 5.97 Å². The van der Waals surface area contributed by atoms with Gasteiger partial charge in [-0.25, -0.2) is 0 Å². The van der Waals surface area contributed by atoms with Crippen LogP contribution in [-0.4, -0.2) is 56.4 Å². The van der Waals surface area contributed by atoms with Crippen LogP contribution in [0.1, 0.15) is 25.3 Å². The Morgan fingerprint density at radius 3 is 2.79 bits per heavy atom. The van der Waals surface area contributed by atoms with Gasteiger partial charge in [0.1, 0.15) is 12.1 Å². The fourth-order valence-corrected chi connectivity index (χ4v) is 4.11. The van der Waals surface area contributed by atoms with E-state index in [9.17, 15) is 9.59 Å². The Hall–Kier alpha value is -1.73. The van der Waals surface area contributed by atoms with Crippen LogP contribution in [0.2, 0.25) is 0 Å². The van der Waals surface area contributed by atoms with Gasteiger partial charge in [-0.15, -0.1) is 0 Å². The van der Waals surface area contributed by atoms with Crippen LogP contribution in [0.5, 0.6) is 0 Å². The van der Waals surface area contributed by atoms with Gasteiger partial charge in [0.15, 0.2) is 5.78 Å². The second-order valence-electron chi connectivity index (χ2n) is 7.38. The van der Waals surface area contributed by atoms with E-state index in [1.54, 1.807) is 6.92 Å². The maximum atomic E-state index is 13.2. The molecule has 4 unspecified atom stereocenters. The number of piperidine rings is 1. The first kappa shape index (κ1) is 22.0. The largest absolute Gasteiger partial charge is 0.465 e. The number of hydrogen-bond acceptors (Lipinski definition) is 6. The maximum Gasteiger partial charge on any atom is 0.323 e. The summed E-state index contributed by atoms with van der Waals surface area (Å²) in [4.78, 5) is 25.2. The van der Waals surface area contributed by atoms with E-state index in [0.29, 0.717) is 51.2 Å². The first-order valence-electron chi connectivity index (χ1n) is 10.1. The molecule has 1 aromatic carbocycles. The quantitative estimate of drug-likeness (QED) is 0.539. The number of halogens is 1. The van der Waals surface area contributed by atoms with Crippen molar-refractivity contribution in [3.8, 4) is 0 Å². The van der Waals surface area contributed by atoms with Crippen molar-refractivity contribution >= 4 is 23.4 Å². The van der Waals surface area contributed by atoms with Crippen LogP contribution in [0.15, 0.2) is 41.4 Å². The summed E-state index contributed by atoms with van der Waals surface area (Å²) in [6.45, 7) is 3.44. The molecule has 7 heteroatoms. The van der Waals surface area contributed by atoms with Gasteiger partial charge in [-0.2, -0.15) is 0 Å². The van der Waals surface area contributed by atoms with Crippen molar-refractivity contribution in [1.82, 2.24) is 5.32 Å². The molecule has 29 heavy (non-hydrogen) atoms. The topological polar surface area (TPSA) is 73.9 Å². The molecule has 1 N–H and O–H groups in total. The van der Waals surface area contributed by atoms with Gasteiger partial charge in [0.2, 0.25) is 0 Å². The number of Topliss-reactive ketones (excluding diaryl/α,β-unsaturated/α-hetero) is 1. The molecule has 1 aromatic rings. The minimum atomic E-state index is -0.501. The van der Waals surface area contributed by atoms with Crippen molar-refractivity contribution in [2.24, 2.45) is 5.92 Å². The smallest absolute Gasteiger partial charge is 0.323 e. The van der Waals surface area contributed by atoms with Gasteiger partial charge in [-0.3, -0.25) is 9.59 Å². The van der Waals surface area contributed by atoms with Crippen molar-refractivity contribution in [1.29, 1.82) is 0 Å². The highest BCUT2D eigenvalue weighted by Gasteiger charge is 2.36. The molecule has 2 aliphatic heterocycles. The summed E-state index contributed by atoms with van der Waals surface area (Å²) in [5, 5.41) is 3.12. The Bertz CT molecular complexity index is 723. The van der Waals surface area contributed by atoms with E-state index in [2.05, 4.69) is 5.32 Å². The zero-order valence-corrected chi connectivity index (χ0v) is 17.4. The fourth-order valence-electron chi connectivity index (χ4n) is 3.86. The number of benzene rings is 1. The van der Waals surface area contributed by atoms with Crippen molar-refractivity contribution in [3.63, 3.8) is 0 Å². The zero-order chi connectivity index (χ0) is 20.6. The molecule has 2 heterocycles. The van der Waals surface area contributed by atoms with Crippen LogP contribution in [0.4, 0.5) is 0 Å². The summed E-state index contributed by atoms with van der Waals surface area (Å²) in [6.07, 6.45) is 1.10. The second-order valence-corrected chi connectivity index (χ2v) is 7.60. The highest BCUT2D eigenvalue weighted by molar-refractivity contribution is 6.28. The first-order chi connectivity index (χ1) is 14.1. The van der Waals surface area contributed by atoms with Gasteiger partial charge in [0, 0.05) is 23.4 Å². The lowest BCUT2D eigenvalue weighted by molar-refractivity contribution is -0.147. The van der Waals surface area contributed by atoms with Gasteiger partial charge in [-0.1, -0.05) is 41.9 Å². The third-order valence-corrected chi connectivity index (χ3v) is 5.57. The second kappa shape index (κ2) is 10.9.